The Bertz CT molecular complexity index is 387. The minimum absolute atomic E-state index is 1.11. The third kappa shape index (κ3) is 1.30. The molecule has 0 spiro atoms. The van der Waals surface area contributed by atoms with Gasteiger partial charge >= 0.3 is 0 Å². The van der Waals surface area contributed by atoms with Gasteiger partial charge < -0.3 is 0 Å². The van der Waals surface area contributed by atoms with E-state index in [0.717, 1.165) is 10.7 Å². The maximum atomic E-state index is 4.44. The second-order valence-electron chi connectivity index (χ2n) is 2.76. The van der Waals surface area contributed by atoms with Gasteiger partial charge in [-0.3, -0.25) is 0 Å². The van der Waals surface area contributed by atoms with Gasteiger partial charge in [-0.05, 0) is 24.8 Å². The molecular formula is C9H9NS2. The predicted molar refractivity (Wildman–Crippen MR) is 54.9 cm³/mol. The van der Waals surface area contributed by atoms with Gasteiger partial charge in [-0.2, -0.15) is 11.3 Å². The average molecular weight is 195 g/mol. The smallest absolute Gasteiger partial charge is 0.124 e. The zero-order valence-electron chi connectivity index (χ0n) is 7.00. The summed E-state index contributed by atoms with van der Waals surface area (Å²) in [5, 5.41) is 7.55. The molecule has 12 heavy (non-hydrogen) atoms. The number of nitrogens with zero attached hydrogens (tertiary/aromatic N) is 1. The SMILES string of the molecule is Cc1csc(-c2cscc2C)n1. The van der Waals surface area contributed by atoms with Gasteiger partial charge in [0.15, 0.2) is 0 Å². The van der Waals surface area contributed by atoms with Crippen LogP contribution in [0, 0.1) is 13.8 Å². The lowest BCUT2D eigenvalue weighted by Gasteiger charge is -1.91. The Morgan fingerprint density at radius 2 is 2.00 bits per heavy atom. The molecule has 0 fully saturated rings. The molecule has 2 aromatic rings. The molecule has 0 radical (unpaired) electrons. The molecule has 0 atom stereocenters. The number of hydrogen-bond acceptors (Lipinski definition) is 3. The lowest BCUT2D eigenvalue weighted by Crippen LogP contribution is -1.75. The van der Waals surface area contributed by atoms with Gasteiger partial charge in [0.1, 0.15) is 5.01 Å². The van der Waals surface area contributed by atoms with Crippen LogP contribution in [-0.4, -0.2) is 4.98 Å². The van der Waals surface area contributed by atoms with Crippen molar-refractivity contribution in [3.05, 3.63) is 27.4 Å². The van der Waals surface area contributed by atoms with Gasteiger partial charge in [0, 0.05) is 22.0 Å². The second-order valence-corrected chi connectivity index (χ2v) is 4.36. The Labute approximate surface area is 79.7 Å². The van der Waals surface area contributed by atoms with Gasteiger partial charge in [-0.1, -0.05) is 0 Å². The lowest BCUT2D eigenvalue weighted by atomic mass is 10.2. The molecule has 2 heterocycles. The Morgan fingerprint density at radius 1 is 1.17 bits per heavy atom. The standard InChI is InChI=1S/C9H9NS2/c1-6-3-11-5-8(6)9-10-7(2)4-12-9/h3-5H,1-2H3. The molecule has 0 N–H and O–H groups in total. The fourth-order valence-corrected chi connectivity index (χ4v) is 2.84. The van der Waals surface area contributed by atoms with Gasteiger partial charge in [0.05, 0.1) is 0 Å². The van der Waals surface area contributed by atoms with E-state index in [1.165, 1.54) is 11.1 Å². The second kappa shape index (κ2) is 2.99. The minimum Gasteiger partial charge on any atom is -0.241 e. The third-order valence-electron chi connectivity index (χ3n) is 1.70. The third-order valence-corrected chi connectivity index (χ3v) is 3.56. The van der Waals surface area contributed by atoms with Crippen LogP contribution in [0.2, 0.25) is 0 Å². The first-order valence-corrected chi connectivity index (χ1v) is 5.55. The number of thiophene rings is 1. The first-order valence-electron chi connectivity index (χ1n) is 3.72. The van der Waals surface area contributed by atoms with Crippen LogP contribution < -0.4 is 0 Å². The van der Waals surface area contributed by atoms with Crippen molar-refractivity contribution >= 4 is 22.7 Å². The molecule has 2 rings (SSSR count). The highest BCUT2D eigenvalue weighted by molar-refractivity contribution is 7.14. The number of rotatable bonds is 1. The number of hydrogen-bond donors (Lipinski definition) is 0. The Morgan fingerprint density at radius 3 is 2.50 bits per heavy atom. The molecule has 0 saturated heterocycles. The molecule has 2 aromatic heterocycles. The van der Waals surface area contributed by atoms with Crippen LogP contribution in [0.1, 0.15) is 11.3 Å². The normalized spacial score (nSPS) is 10.5. The number of aromatic nitrogens is 1. The van der Waals surface area contributed by atoms with Crippen molar-refractivity contribution < 1.29 is 0 Å². The van der Waals surface area contributed by atoms with E-state index in [2.05, 4.69) is 28.0 Å². The Balaban J connectivity index is 2.50. The molecule has 0 aliphatic rings. The summed E-state index contributed by atoms with van der Waals surface area (Å²) >= 11 is 3.45. The molecule has 0 bridgehead atoms. The van der Waals surface area contributed by atoms with Crippen LogP contribution in [0.4, 0.5) is 0 Å². The predicted octanol–water partition coefficient (Wildman–Crippen LogP) is 3.49. The van der Waals surface area contributed by atoms with Crippen LogP contribution in [0.3, 0.4) is 0 Å². The summed E-state index contributed by atoms with van der Waals surface area (Å²) in [4.78, 5) is 4.44. The van der Waals surface area contributed by atoms with Crippen LogP contribution in [0.5, 0.6) is 0 Å². The summed E-state index contributed by atoms with van der Waals surface area (Å²) in [6.45, 7) is 4.16. The van der Waals surface area contributed by atoms with Crippen molar-refractivity contribution in [1.82, 2.24) is 4.98 Å². The van der Waals surface area contributed by atoms with E-state index in [0.29, 0.717) is 0 Å². The van der Waals surface area contributed by atoms with Crippen molar-refractivity contribution in [3.8, 4) is 10.6 Å². The van der Waals surface area contributed by atoms with E-state index < -0.39 is 0 Å². The van der Waals surface area contributed by atoms with Gasteiger partial charge in [-0.15, -0.1) is 11.3 Å². The molecule has 0 unspecified atom stereocenters. The van der Waals surface area contributed by atoms with E-state index >= 15 is 0 Å². The van der Waals surface area contributed by atoms with Crippen molar-refractivity contribution in [3.63, 3.8) is 0 Å². The summed E-state index contributed by atoms with van der Waals surface area (Å²) in [7, 11) is 0. The van der Waals surface area contributed by atoms with E-state index in [1.807, 2.05) is 6.92 Å². The van der Waals surface area contributed by atoms with Gasteiger partial charge in [0.25, 0.3) is 0 Å². The molecule has 3 heteroatoms. The van der Waals surface area contributed by atoms with Crippen molar-refractivity contribution in [1.29, 1.82) is 0 Å². The maximum Gasteiger partial charge on any atom is 0.124 e. The van der Waals surface area contributed by atoms with Crippen LogP contribution in [0.25, 0.3) is 10.6 Å². The van der Waals surface area contributed by atoms with Crippen LogP contribution in [0.15, 0.2) is 16.1 Å². The van der Waals surface area contributed by atoms with Crippen LogP contribution in [-0.2, 0) is 0 Å². The zero-order valence-corrected chi connectivity index (χ0v) is 8.63. The Hall–Kier alpha value is -0.670. The molecule has 1 nitrogen and oxygen atoms in total. The monoisotopic (exact) mass is 195 g/mol. The summed E-state index contributed by atoms with van der Waals surface area (Å²) in [5.41, 5.74) is 3.73. The van der Waals surface area contributed by atoms with E-state index in [1.54, 1.807) is 22.7 Å². The van der Waals surface area contributed by atoms with Crippen molar-refractivity contribution in [2.75, 3.05) is 0 Å². The minimum atomic E-state index is 1.11. The average Bonchev–Trinajstić information content (AvgIpc) is 2.58. The van der Waals surface area contributed by atoms with Crippen LogP contribution >= 0.6 is 22.7 Å². The molecule has 0 aliphatic carbocycles. The van der Waals surface area contributed by atoms with Crippen molar-refractivity contribution in [2.24, 2.45) is 0 Å². The highest BCUT2D eigenvalue weighted by Crippen LogP contribution is 2.29. The highest BCUT2D eigenvalue weighted by Gasteiger charge is 2.05. The molecule has 0 aromatic carbocycles. The van der Waals surface area contributed by atoms with E-state index in [9.17, 15) is 0 Å². The molecule has 0 amide bonds. The zero-order chi connectivity index (χ0) is 8.55. The van der Waals surface area contributed by atoms with E-state index in [-0.39, 0.29) is 0 Å². The quantitative estimate of drug-likeness (QED) is 0.678. The van der Waals surface area contributed by atoms with Crippen molar-refractivity contribution in [2.45, 2.75) is 13.8 Å². The first-order chi connectivity index (χ1) is 5.77. The topological polar surface area (TPSA) is 12.9 Å². The highest BCUT2D eigenvalue weighted by atomic mass is 32.1. The number of thiazole rings is 1. The summed E-state index contributed by atoms with van der Waals surface area (Å²) in [6.07, 6.45) is 0. The van der Waals surface area contributed by atoms with E-state index in [4.69, 9.17) is 0 Å². The molecule has 0 aliphatic heterocycles. The summed E-state index contributed by atoms with van der Waals surface area (Å²) in [5.74, 6) is 0. The Kier molecular flexibility index (Phi) is 1.98. The lowest BCUT2D eigenvalue weighted by molar-refractivity contribution is 1.27. The maximum absolute atomic E-state index is 4.44. The largest absolute Gasteiger partial charge is 0.241 e. The molecule has 0 saturated carbocycles. The molecule has 62 valence electrons. The fourth-order valence-electron chi connectivity index (χ4n) is 1.06. The summed E-state index contributed by atoms with van der Waals surface area (Å²) in [6, 6.07) is 0. The van der Waals surface area contributed by atoms with Gasteiger partial charge in [-0.25, -0.2) is 4.98 Å². The fraction of sp³-hybridized carbons (Fsp3) is 0.222. The summed E-state index contributed by atoms with van der Waals surface area (Å²) < 4.78 is 0. The van der Waals surface area contributed by atoms with Gasteiger partial charge in [0.2, 0.25) is 0 Å². The first kappa shape index (κ1) is 7.95. The molecular weight excluding hydrogens is 186 g/mol. The number of aryl methyl sites for hydroxylation is 2.